The van der Waals surface area contributed by atoms with Crippen molar-refractivity contribution in [3.05, 3.63) is 34.3 Å². The van der Waals surface area contributed by atoms with Crippen LogP contribution in [0.2, 0.25) is 0 Å². The van der Waals surface area contributed by atoms with E-state index in [1.807, 2.05) is 0 Å². The van der Waals surface area contributed by atoms with E-state index in [0.717, 1.165) is 23.4 Å². The zero-order valence-corrected chi connectivity index (χ0v) is 16.1. The molecule has 2 amide bonds. The highest BCUT2D eigenvalue weighted by molar-refractivity contribution is 7.15. The van der Waals surface area contributed by atoms with E-state index in [-0.39, 0.29) is 17.7 Å². The molecule has 0 atom stereocenters. The van der Waals surface area contributed by atoms with Gasteiger partial charge in [0.05, 0.1) is 26.5 Å². The van der Waals surface area contributed by atoms with Crippen LogP contribution in [0.25, 0.3) is 0 Å². The Balaban J connectivity index is 1.48. The molecule has 0 spiro atoms. The molecule has 0 radical (unpaired) electrons. The molecule has 1 N–H and O–H groups in total. The van der Waals surface area contributed by atoms with Crippen molar-refractivity contribution < 1.29 is 19.1 Å². The zero-order valence-electron chi connectivity index (χ0n) is 15.3. The van der Waals surface area contributed by atoms with Crippen molar-refractivity contribution in [2.24, 2.45) is 5.92 Å². The summed E-state index contributed by atoms with van der Waals surface area (Å²) in [6.45, 7) is 1.10. The lowest BCUT2D eigenvalue weighted by molar-refractivity contribution is -0.117. The second kappa shape index (κ2) is 7.19. The summed E-state index contributed by atoms with van der Waals surface area (Å²) in [5.41, 5.74) is 1.53. The van der Waals surface area contributed by atoms with E-state index < -0.39 is 0 Å². The largest absolute Gasteiger partial charge is 0.493 e. The van der Waals surface area contributed by atoms with Crippen molar-refractivity contribution in [1.82, 2.24) is 9.88 Å². The quantitative estimate of drug-likeness (QED) is 0.853. The lowest BCUT2D eigenvalue weighted by Crippen LogP contribution is -2.35. The second-order valence-electron chi connectivity index (χ2n) is 6.70. The maximum absolute atomic E-state index is 12.9. The summed E-state index contributed by atoms with van der Waals surface area (Å²) < 4.78 is 10.5. The van der Waals surface area contributed by atoms with Gasteiger partial charge in [-0.1, -0.05) is 11.3 Å². The first-order chi connectivity index (χ1) is 13.1. The minimum Gasteiger partial charge on any atom is -0.493 e. The van der Waals surface area contributed by atoms with Crippen LogP contribution in [0.15, 0.2) is 18.2 Å². The molecule has 1 aromatic heterocycles. The first kappa shape index (κ1) is 17.8. The number of fused-ring (bicyclic) bond motifs is 1. The number of hydrogen-bond acceptors (Lipinski definition) is 6. The number of nitrogens with zero attached hydrogens (tertiary/aromatic N) is 2. The fourth-order valence-corrected chi connectivity index (χ4v) is 4.15. The second-order valence-corrected chi connectivity index (χ2v) is 7.78. The molecule has 0 saturated heterocycles. The van der Waals surface area contributed by atoms with E-state index in [2.05, 4.69) is 10.3 Å². The number of thiazole rings is 1. The molecule has 4 rings (SSSR count). The van der Waals surface area contributed by atoms with Gasteiger partial charge in [0.1, 0.15) is 0 Å². The number of rotatable bonds is 5. The third-order valence-corrected chi connectivity index (χ3v) is 5.83. The number of anilines is 1. The summed E-state index contributed by atoms with van der Waals surface area (Å²) in [6, 6.07) is 5.18. The summed E-state index contributed by atoms with van der Waals surface area (Å²) in [6.07, 6.45) is 2.61. The van der Waals surface area contributed by atoms with Crippen LogP contribution in [-0.4, -0.2) is 42.5 Å². The topological polar surface area (TPSA) is 80.8 Å². The highest BCUT2D eigenvalue weighted by atomic mass is 32.1. The number of nitrogens with one attached hydrogen (secondary N) is 1. The fourth-order valence-electron chi connectivity index (χ4n) is 3.13. The van der Waals surface area contributed by atoms with E-state index in [4.69, 9.17) is 9.47 Å². The van der Waals surface area contributed by atoms with Crippen molar-refractivity contribution in [2.75, 3.05) is 26.1 Å². The number of ether oxygens (including phenoxy) is 2. The molecule has 1 aliphatic carbocycles. The van der Waals surface area contributed by atoms with Gasteiger partial charge in [-0.25, -0.2) is 4.98 Å². The van der Waals surface area contributed by atoms with Crippen LogP contribution < -0.4 is 14.8 Å². The number of amides is 2. The molecule has 1 fully saturated rings. The first-order valence-corrected chi connectivity index (χ1v) is 9.71. The van der Waals surface area contributed by atoms with E-state index in [0.29, 0.717) is 41.7 Å². The molecule has 27 heavy (non-hydrogen) atoms. The van der Waals surface area contributed by atoms with E-state index >= 15 is 0 Å². The summed E-state index contributed by atoms with van der Waals surface area (Å²) in [5.74, 6) is 1.27. The molecular formula is C19H21N3O4S. The Bertz CT molecular complexity index is 891. The smallest absolute Gasteiger partial charge is 0.254 e. The average molecular weight is 387 g/mol. The van der Waals surface area contributed by atoms with Gasteiger partial charge in [-0.15, -0.1) is 0 Å². The Morgan fingerprint density at radius 3 is 2.70 bits per heavy atom. The number of aromatic nitrogens is 1. The maximum atomic E-state index is 12.9. The van der Waals surface area contributed by atoms with Gasteiger partial charge >= 0.3 is 0 Å². The van der Waals surface area contributed by atoms with E-state index in [9.17, 15) is 9.59 Å². The highest BCUT2D eigenvalue weighted by Gasteiger charge is 2.31. The van der Waals surface area contributed by atoms with Gasteiger partial charge in [-0.3, -0.25) is 9.59 Å². The molecular weight excluding hydrogens is 366 g/mol. The fraction of sp³-hybridized carbons (Fsp3) is 0.421. The van der Waals surface area contributed by atoms with Crippen LogP contribution >= 0.6 is 11.3 Å². The van der Waals surface area contributed by atoms with Gasteiger partial charge < -0.3 is 19.7 Å². The molecule has 8 heteroatoms. The van der Waals surface area contributed by atoms with Crippen LogP contribution in [0.5, 0.6) is 11.5 Å². The Hall–Kier alpha value is -2.61. The van der Waals surface area contributed by atoms with Gasteiger partial charge in [-0.2, -0.15) is 0 Å². The van der Waals surface area contributed by atoms with Crippen molar-refractivity contribution in [2.45, 2.75) is 25.8 Å². The van der Waals surface area contributed by atoms with E-state index in [1.165, 1.54) is 11.3 Å². The molecule has 2 aromatic rings. The minimum atomic E-state index is -0.0569. The van der Waals surface area contributed by atoms with Crippen molar-refractivity contribution in [3.8, 4) is 11.5 Å². The average Bonchev–Trinajstić information content (AvgIpc) is 3.47. The molecule has 1 aromatic carbocycles. The Kier molecular flexibility index (Phi) is 4.73. The lowest BCUT2D eigenvalue weighted by Gasteiger charge is -2.26. The van der Waals surface area contributed by atoms with Gasteiger partial charge in [0.15, 0.2) is 16.6 Å². The van der Waals surface area contributed by atoms with Crippen LogP contribution in [0.4, 0.5) is 5.13 Å². The van der Waals surface area contributed by atoms with Crippen LogP contribution in [-0.2, 0) is 17.8 Å². The predicted molar refractivity (Wildman–Crippen MR) is 101 cm³/mol. The van der Waals surface area contributed by atoms with Gasteiger partial charge in [-0.05, 0) is 31.0 Å². The first-order valence-electron chi connectivity index (χ1n) is 8.89. The standard InChI is InChI=1S/C19H21N3O4S/c1-25-14-6-5-12(9-15(14)26-2)18(24)22-8-7-13-16(10-22)27-19(20-13)21-17(23)11-3-4-11/h5-6,9,11H,3-4,7-8,10H2,1-2H3,(H,20,21,23). The minimum absolute atomic E-state index is 0.0550. The Morgan fingerprint density at radius 2 is 2.00 bits per heavy atom. The molecule has 1 saturated carbocycles. The van der Waals surface area contributed by atoms with Crippen molar-refractivity contribution in [1.29, 1.82) is 0 Å². The van der Waals surface area contributed by atoms with Gasteiger partial charge in [0, 0.05) is 29.3 Å². The van der Waals surface area contributed by atoms with Crippen LogP contribution in [0.3, 0.4) is 0 Å². The van der Waals surface area contributed by atoms with Gasteiger partial charge in [0.25, 0.3) is 5.91 Å². The molecule has 0 bridgehead atoms. The molecule has 7 nitrogen and oxygen atoms in total. The number of carbonyl (C=O) groups excluding carboxylic acids is 2. The number of benzene rings is 1. The van der Waals surface area contributed by atoms with Crippen molar-refractivity contribution in [3.63, 3.8) is 0 Å². The summed E-state index contributed by atoms with van der Waals surface area (Å²) >= 11 is 1.46. The molecule has 0 unspecified atom stereocenters. The molecule has 142 valence electrons. The summed E-state index contributed by atoms with van der Waals surface area (Å²) in [5, 5.41) is 3.54. The lowest BCUT2D eigenvalue weighted by atomic mass is 10.1. The third-order valence-electron chi connectivity index (χ3n) is 4.83. The monoisotopic (exact) mass is 387 g/mol. The highest BCUT2D eigenvalue weighted by Crippen LogP contribution is 2.34. The number of carbonyl (C=O) groups is 2. The van der Waals surface area contributed by atoms with E-state index in [1.54, 1.807) is 37.3 Å². The molecule has 1 aliphatic heterocycles. The predicted octanol–water partition coefficient (Wildman–Crippen LogP) is 2.71. The van der Waals surface area contributed by atoms with Crippen LogP contribution in [0.1, 0.15) is 33.8 Å². The Morgan fingerprint density at radius 1 is 1.22 bits per heavy atom. The number of hydrogen-bond donors (Lipinski definition) is 1. The normalized spacial score (nSPS) is 15.9. The summed E-state index contributed by atoms with van der Waals surface area (Å²) in [7, 11) is 3.11. The van der Waals surface area contributed by atoms with Gasteiger partial charge in [0.2, 0.25) is 5.91 Å². The Labute approximate surface area is 161 Å². The SMILES string of the molecule is COc1ccc(C(=O)N2CCc3nc(NC(=O)C4CC4)sc3C2)cc1OC. The summed E-state index contributed by atoms with van der Waals surface area (Å²) in [4.78, 5) is 32.2. The zero-order chi connectivity index (χ0) is 19.0. The third kappa shape index (κ3) is 3.62. The maximum Gasteiger partial charge on any atom is 0.254 e. The van der Waals surface area contributed by atoms with Crippen molar-refractivity contribution >= 4 is 28.3 Å². The van der Waals surface area contributed by atoms with Crippen LogP contribution in [0, 0.1) is 5.92 Å². The number of methoxy groups -OCH3 is 2. The molecule has 2 heterocycles. The molecule has 2 aliphatic rings.